The molecule has 1 aliphatic heterocycles. The van der Waals surface area contributed by atoms with Gasteiger partial charge in [-0.3, -0.25) is 0 Å². The fourth-order valence-corrected chi connectivity index (χ4v) is 3.23. The van der Waals surface area contributed by atoms with Crippen LogP contribution in [0.5, 0.6) is 0 Å². The highest BCUT2D eigenvalue weighted by Gasteiger charge is 2.32. The molecule has 0 spiro atoms. The Kier molecular flexibility index (Phi) is 4.44. The maximum Gasteiger partial charge on any atom is 0.223 e. The number of halogens is 3. The molecule has 0 saturated heterocycles. The lowest BCUT2D eigenvalue weighted by Gasteiger charge is -2.14. The van der Waals surface area contributed by atoms with Crippen molar-refractivity contribution in [3.8, 4) is 11.1 Å². The predicted octanol–water partition coefficient (Wildman–Crippen LogP) is 5.68. The van der Waals surface area contributed by atoms with Crippen LogP contribution in [-0.2, 0) is 4.74 Å². The molecule has 2 nitrogen and oxygen atoms in total. The summed E-state index contributed by atoms with van der Waals surface area (Å²) < 4.78 is 47.6. The smallest absolute Gasteiger partial charge is 0.223 e. The summed E-state index contributed by atoms with van der Waals surface area (Å²) >= 11 is 0. The van der Waals surface area contributed by atoms with Gasteiger partial charge in [0.1, 0.15) is 35.2 Å². The van der Waals surface area contributed by atoms with Crippen LogP contribution in [0.3, 0.4) is 0 Å². The molecule has 27 heavy (non-hydrogen) atoms. The number of benzene rings is 3. The van der Waals surface area contributed by atoms with Crippen molar-refractivity contribution in [2.45, 2.75) is 19.1 Å². The molecule has 0 aliphatic carbocycles. The van der Waals surface area contributed by atoms with Gasteiger partial charge >= 0.3 is 0 Å². The van der Waals surface area contributed by atoms with Gasteiger partial charge in [-0.1, -0.05) is 48.5 Å². The third-order valence-electron chi connectivity index (χ3n) is 4.61. The maximum atomic E-state index is 14.0. The van der Waals surface area contributed by atoms with Crippen LogP contribution in [0.2, 0.25) is 0 Å². The highest BCUT2D eigenvalue weighted by molar-refractivity contribution is 5.96. The van der Waals surface area contributed by atoms with Crippen LogP contribution in [0.25, 0.3) is 11.1 Å². The molecule has 0 radical (unpaired) electrons. The third kappa shape index (κ3) is 3.21. The van der Waals surface area contributed by atoms with Gasteiger partial charge in [0.15, 0.2) is 0 Å². The van der Waals surface area contributed by atoms with Crippen molar-refractivity contribution >= 4 is 5.90 Å². The fraction of sp³-hybridized carbons (Fsp3) is 0.136. The van der Waals surface area contributed by atoms with Crippen LogP contribution in [-0.4, -0.2) is 12.0 Å². The molecule has 5 heteroatoms. The van der Waals surface area contributed by atoms with Gasteiger partial charge in [0, 0.05) is 5.56 Å². The summed E-state index contributed by atoms with van der Waals surface area (Å²) in [6.07, 6.45) is -0.377. The van der Waals surface area contributed by atoms with E-state index >= 15 is 0 Å². The molecule has 136 valence electrons. The van der Waals surface area contributed by atoms with Gasteiger partial charge in [0.05, 0.1) is 0 Å². The Morgan fingerprint density at radius 1 is 0.778 bits per heavy atom. The van der Waals surface area contributed by atoms with Crippen LogP contribution in [0.4, 0.5) is 13.2 Å². The first-order chi connectivity index (χ1) is 13.0. The van der Waals surface area contributed by atoms with Crippen molar-refractivity contribution in [3.05, 3.63) is 95.3 Å². The molecule has 0 saturated carbocycles. The highest BCUT2D eigenvalue weighted by atomic mass is 19.1. The first-order valence-electron chi connectivity index (χ1n) is 8.58. The summed E-state index contributed by atoms with van der Waals surface area (Å²) in [4.78, 5) is 4.39. The lowest BCUT2D eigenvalue weighted by molar-refractivity contribution is 0.213. The largest absolute Gasteiger partial charge is 0.472 e. The molecule has 1 heterocycles. The monoisotopic (exact) mass is 367 g/mol. The number of hydrogen-bond acceptors (Lipinski definition) is 2. The van der Waals surface area contributed by atoms with Crippen LogP contribution in [0.1, 0.15) is 24.1 Å². The zero-order valence-electron chi connectivity index (χ0n) is 14.5. The minimum Gasteiger partial charge on any atom is -0.472 e. The normalized spacial score (nSPS) is 18.9. The third-order valence-corrected chi connectivity index (χ3v) is 4.61. The molecule has 3 aromatic rings. The second-order valence-electron chi connectivity index (χ2n) is 6.40. The molecule has 0 fully saturated rings. The quantitative estimate of drug-likeness (QED) is 0.584. The second kappa shape index (κ2) is 6.91. The lowest BCUT2D eigenvalue weighted by Crippen LogP contribution is -2.14. The minimum absolute atomic E-state index is 0.0405. The zero-order valence-corrected chi connectivity index (χ0v) is 14.5. The summed E-state index contributed by atoms with van der Waals surface area (Å²) in [7, 11) is 0. The maximum absolute atomic E-state index is 14.0. The zero-order chi connectivity index (χ0) is 19.0. The van der Waals surface area contributed by atoms with Gasteiger partial charge in [0.2, 0.25) is 5.90 Å². The van der Waals surface area contributed by atoms with Crippen LogP contribution in [0.15, 0.2) is 71.7 Å². The summed E-state index contributed by atoms with van der Waals surface area (Å²) in [6, 6.07) is 17.1. The van der Waals surface area contributed by atoms with Crippen LogP contribution in [0, 0.1) is 17.5 Å². The van der Waals surface area contributed by atoms with Gasteiger partial charge in [-0.15, -0.1) is 0 Å². The lowest BCUT2D eigenvalue weighted by atomic mass is 9.99. The summed E-state index contributed by atoms with van der Waals surface area (Å²) in [5.74, 6) is -1.76. The SMILES string of the molecule is C[C@@H]1OC(c2c(F)cccc2F)=N[C@@H]1c1ccc(-c2ccccc2F)cc1. The summed E-state index contributed by atoms with van der Waals surface area (Å²) in [5, 5.41) is 0. The van der Waals surface area contributed by atoms with E-state index in [0.717, 1.165) is 11.1 Å². The average Bonchev–Trinajstić information content (AvgIpc) is 3.03. The molecule has 4 rings (SSSR count). The Morgan fingerprint density at radius 3 is 2.07 bits per heavy atom. The molecule has 0 unspecified atom stereocenters. The Hall–Kier alpha value is -3.08. The predicted molar refractivity (Wildman–Crippen MR) is 98.0 cm³/mol. The van der Waals surface area contributed by atoms with Gasteiger partial charge < -0.3 is 4.74 Å². The summed E-state index contributed by atoms with van der Waals surface area (Å²) in [5.41, 5.74) is 1.83. The van der Waals surface area contributed by atoms with E-state index in [2.05, 4.69) is 4.99 Å². The van der Waals surface area contributed by atoms with E-state index in [1.54, 1.807) is 37.3 Å². The van der Waals surface area contributed by atoms with Crippen LogP contribution < -0.4 is 0 Å². The van der Waals surface area contributed by atoms with Crippen molar-refractivity contribution in [1.82, 2.24) is 0 Å². The first kappa shape index (κ1) is 17.3. The molecule has 0 amide bonds. The molecular weight excluding hydrogens is 351 g/mol. The number of ether oxygens (including phenoxy) is 1. The number of rotatable bonds is 3. The molecule has 2 atom stereocenters. The molecule has 0 N–H and O–H groups in total. The van der Waals surface area contributed by atoms with E-state index in [-0.39, 0.29) is 23.4 Å². The van der Waals surface area contributed by atoms with Gasteiger partial charge in [-0.25, -0.2) is 18.2 Å². The van der Waals surface area contributed by atoms with Crippen molar-refractivity contribution in [2.24, 2.45) is 4.99 Å². The number of hydrogen-bond donors (Lipinski definition) is 0. The van der Waals surface area contributed by atoms with Crippen molar-refractivity contribution in [2.75, 3.05) is 0 Å². The van der Waals surface area contributed by atoms with Gasteiger partial charge in [-0.2, -0.15) is 0 Å². The Morgan fingerprint density at radius 2 is 1.41 bits per heavy atom. The molecular formula is C22H16F3NO. The molecule has 0 bridgehead atoms. The molecule has 1 aliphatic rings. The Labute approximate surface area is 155 Å². The minimum atomic E-state index is -0.712. The van der Waals surface area contributed by atoms with E-state index in [9.17, 15) is 13.2 Å². The van der Waals surface area contributed by atoms with E-state index in [4.69, 9.17) is 4.74 Å². The average molecular weight is 367 g/mol. The summed E-state index contributed by atoms with van der Waals surface area (Å²) in [6.45, 7) is 1.80. The second-order valence-corrected chi connectivity index (χ2v) is 6.40. The molecule has 0 aromatic heterocycles. The van der Waals surface area contributed by atoms with E-state index in [0.29, 0.717) is 5.56 Å². The van der Waals surface area contributed by atoms with Crippen LogP contribution >= 0.6 is 0 Å². The van der Waals surface area contributed by atoms with Crippen molar-refractivity contribution in [1.29, 1.82) is 0 Å². The van der Waals surface area contributed by atoms with E-state index < -0.39 is 17.7 Å². The van der Waals surface area contributed by atoms with Crippen molar-refractivity contribution < 1.29 is 17.9 Å². The number of nitrogens with zero attached hydrogens (tertiary/aromatic N) is 1. The molecule has 3 aromatic carbocycles. The highest BCUT2D eigenvalue weighted by Crippen LogP contribution is 2.33. The topological polar surface area (TPSA) is 21.6 Å². The first-order valence-corrected chi connectivity index (χ1v) is 8.58. The Bertz CT molecular complexity index is 994. The standard InChI is InChI=1S/C22H16F3NO/c1-13-21(26-22(27-13)20-18(24)7-4-8-19(20)25)15-11-9-14(10-12-15)16-5-2-3-6-17(16)23/h2-13,21H,1H3/t13-,21-/m0/s1. The fourth-order valence-electron chi connectivity index (χ4n) is 3.23. The van der Waals surface area contributed by atoms with Gasteiger partial charge in [0.25, 0.3) is 0 Å². The number of aliphatic imine (C=N–C) groups is 1. The Balaban J connectivity index is 1.66. The van der Waals surface area contributed by atoms with E-state index in [1.807, 2.05) is 12.1 Å². The van der Waals surface area contributed by atoms with Gasteiger partial charge in [-0.05, 0) is 36.2 Å². The van der Waals surface area contributed by atoms with Crippen molar-refractivity contribution in [3.63, 3.8) is 0 Å². The van der Waals surface area contributed by atoms with E-state index in [1.165, 1.54) is 24.3 Å².